The molecular weight excluding hydrogens is 399 g/mol. The van der Waals surface area contributed by atoms with Crippen LogP contribution in [0.15, 0.2) is 71.2 Å². The summed E-state index contributed by atoms with van der Waals surface area (Å²) in [5.41, 5.74) is 3.73. The van der Waals surface area contributed by atoms with Crippen LogP contribution >= 0.6 is 23.2 Å². The number of rotatable bonds is 6. The Balaban J connectivity index is 1.77. The third kappa shape index (κ3) is 5.06. The van der Waals surface area contributed by atoms with Crippen molar-refractivity contribution < 1.29 is 10.4 Å². The van der Waals surface area contributed by atoms with Gasteiger partial charge in [-0.3, -0.25) is 0 Å². The van der Waals surface area contributed by atoms with Gasteiger partial charge in [0, 0.05) is 22.9 Å². The van der Waals surface area contributed by atoms with Gasteiger partial charge in [-0.15, -0.1) is 0 Å². The summed E-state index contributed by atoms with van der Waals surface area (Å²) >= 11 is 11.8. The standard InChI is InChI=1S/C20H16Cl2N4O2/c21-15-5-1-13(2-6-15)19(25-27)10-17-9-18(24-12-23-17)11-20(26-28)14-3-7-16(22)8-4-14/h1-9,12,27-28H,10-11H2/b25-19-,26-20-. The van der Waals surface area contributed by atoms with E-state index in [1.54, 1.807) is 54.6 Å². The molecule has 2 aromatic carbocycles. The Morgan fingerprint density at radius 2 is 1.11 bits per heavy atom. The highest BCUT2D eigenvalue weighted by Gasteiger charge is 2.11. The number of halogens is 2. The summed E-state index contributed by atoms with van der Waals surface area (Å²) in [6, 6.07) is 15.8. The van der Waals surface area contributed by atoms with Gasteiger partial charge in [-0.2, -0.15) is 0 Å². The average molecular weight is 415 g/mol. The maximum absolute atomic E-state index is 9.38. The zero-order valence-electron chi connectivity index (χ0n) is 14.6. The lowest BCUT2D eigenvalue weighted by Gasteiger charge is -2.08. The third-order valence-electron chi connectivity index (χ3n) is 4.07. The Hall–Kier alpha value is -2.96. The Morgan fingerprint density at radius 3 is 1.46 bits per heavy atom. The molecule has 142 valence electrons. The van der Waals surface area contributed by atoms with Gasteiger partial charge in [0.15, 0.2) is 0 Å². The predicted octanol–water partition coefficient (Wildman–Crippen LogP) is 4.63. The zero-order chi connectivity index (χ0) is 19.9. The normalized spacial score (nSPS) is 12.2. The van der Waals surface area contributed by atoms with Gasteiger partial charge in [0.2, 0.25) is 0 Å². The fourth-order valence-electron chi connectivity index (χ4n) is 2.66. The molecule has 0 spiro atoms. The van der Waals surface area contributed by atoms with E-state index < -0.39 is 0 Å². The number of oxime groups is 2. The topological polar surface area (TPSA) is 91.0 Å². The van der Waals surface area contributed by atoms with Gasteiger partial charge in [-0.05, 0) is 41.5 Å². The van der Waals surface area contributed by atoms with Gasteiger partial charge in [-0.25, -0.2) is 9.97 Å². The van der Waals surface area contributed by atoms with Crippen molar-refractivity contribution in [1.29, 1.82) is 0 Å². The average Bonchev–Trinajstić information content (AvgIpc) is 2.72. The SMILES string of the molecule is O/N=C(/Cc1cc(C/C(=N/O)c2ccc(Cl)cc2)ncn1)c1ccc(Cl)cc1. The van der Waals surface area contributed by atoms with Gasteiger partial charge in [0.05, 0.1) is 22.8 Å². The van der Waals surface area contributed by atoms with Crippen LogP contribution in [0.25, 0.3) is 0 Å². The van der Waals surface area contributed by atoms with E-state index >= 15 is 0 Å². The second-order valence-corrected chi connectivity index (χ2v) is 6.83. The minimum Gasteiger partial charge on any atom is -0.411 e. The highest BCUT2D eigenvalue weighted by molar-refractivity contribution is 6.31. The first-order chi connectivity index (χ1) is 13.6. The largest absolute Gasteiger partial charge is 0.411 e. The number of hydrogen-bond donors (Lipinski definition) is 2. The molecule has 0 fully saturated rings. The minimum absolute atomic E-state index is 0.306. The summed E-state index contributed by atoms with van der Waals surface area (Å²) in [4.78, 5) is 8.48. The molecule has 0 unspecified atom stereocenters. The van der Waals surface area contributed by atoms with Crippen LogP contribution in [0.2, 0.25) is 10.0 Å². The first kappa shape index (κ1) is 19.8. The first-order valence-electron chi connectivity index (χ1n) is 8.32. The molecule has 2 N–H and O–H groups in total. The van der Waals surface area contributed by atoms with E-state index in [0.717, 1.165) is 11.1 Å². The van der Waals surface area contributed by atoms with Crippen LogP contribution in [-0.2, 0) is 12.8 Å². The molecule has 0 bridgehead atoms. The Bertz CT molecular complexity index is 925. The summed E-state index contributed by atoms with van der Waals surface area (Å²) in [5.74, 6) is 0. The van der Waals surface area contributed by atoms with E-state index in [4.69, 9.17) is 23.2 Å². The molecular formula is C20H16Cl2N4O2. The molecule has 6 nitrogen and oxygen atoms in total. The fourth-order valence-corrected chi connectivity index (χ4v) is 2.91. The van der Waals surface area contributed by atoms with Crippen LogP contribution in [-0.4, -0.2) is 31.8 Å². The lowest BCUT2D eigenvalue weighted by molar-refractivity contribution is 0.318. The highest BCUT2D eigenvalue weighted by Crippen LogP contribution is 2.15. The van der Waals surface area contributed by atoms with Crippen LogP contribution < -0.4 is 0 Å². The van der Waals surface area contributed by atoms with Crippen LogP contribution in [0.3, 0.4) is 0 Å². The Labute approximate surface area is 171 Å². The van der Waals surface area contributed by atoms with Crippen molar-refractivity contribution >= 4 is 34.6 Å². The maximum atomic E-state index is 9.38. The van der Waals surface area contributed by atoms with Crippen molar-refractivity contribution in [2.24, 2.45) is 10.3 Å². The number of benzene rings is 2. The molecule has 0 aliphatic rings. The van der Waals surface area contributed by atoms with Crippen molar-refractivity contribution in [2.75, 3.05) is 0 Å². The Morgan fingerprint density at radius 1 is 0.714 bits per heavy atom. The number of hydrogen-bond acceptors (Lipinski definition) is 6. The highest BCUT2D eigenvalue weighted by atomic mass is 35.5. The molecule has 0 aliphatic heterocycles. The van der Waals surface area contributed by atoms with Crippen molar-refractivity contribution in [3.63, 3.8) is 0 Å². The van der Waals surface area contributed by atoms with Crippen molar-refractivity contribution in [2.45, 2.75) is 12.8 Å². The van der Waals surface area contributed by atoms with Crippen molar-refractivity contribution in [3.8, 4) is 0 Å². The van der Waals surface area contributed by atoms with Crippen molar-refractivity contribution in [1.82, 2.24) is 9.97 Å². The van der Waals surface area contributed by atoms with Gasteiger partial charge >= 0.3 is 0 Å². The van der Waals surface area contributed by atoms with Gasteiger partial charge in [0.1, 0.15) is 6.33 Å². The van der Waals surface area contributed by atoms with Gasteiger partial charge in [-0.1, -0.05) is 57.8 Å². The molecule has 3 aromatic rings. The smallest absolute Gasteiger partial charge is 0.115 e. The summed E-state index contributed by atoms with van der Waals surface area (Å²) in [6.07, 6.45) is 2.04. The van der Waals surface area contributed by atoms with Crippen molar-refractivity contribution in [3.05, 3.63) is 93.5 Å². The van der Waals surface area contributed by atoms with E-state index in [1.165, 1.54) is 6.33 Å². The van der Waals surface area contributed by atoms with E-state index in [1.807, 2.05) is 0 Å². The fraction of sp³-hybridized carbons (Fsp3) is 0.100. The molecule has 0 saturated carbocycles. The lowest BCUT2D eigenvalue weighted by Crippen LogP contribution is -2.10. The first-order valence-corrected chi connectivity index (χ1v) is 9.08. The summed E-state index contributed by atoms with van der Waals surface area (Å²) in [7, 11) is 0. The molecule has 8 heteroatoms. The molecule has 28 heavy (non-hydrogen) atoms. The molecule has 1 aromatic heterocycles. The second kappa shape index (κ2) is 9.30. The van der Waals surface area contributed by atoms with Gasteiger partial charge < -0.3 is 10.4 Å². The molecule has 1 heterocycles. The van der Waals surface area contributed by atoms with Crippen LogP contribution in [0.5, 0.6) is 0 Å². The summed E-state index contributed by atoms with van der Waals surface area (Å²) < 4.78 is 0. The number of nitrogens with zero attached hydrogens (tertiary/aromatic N) is 4. The second-order valence-electron chi connectivity index (χ2n) is 5.96. The molecule has 0 amide bonds. The van der Waals surface area contributed by atoms with E-state index in [9.17, 15) is 10.4 Å². The predicted molar refractivity (Wildman–Crippen MR) is 109 cm³/mol. The molecule has 0 atom stereocenters. The molecule has 3 rings (SSSR count). The number of aromatic nitrogens is 2. The van der Waals surface area contributed by atoms with E-state index in [-0.39, 0.29) is 0 Å². The van der Waals surface area contributed by atoms with Crippen LogP contribution in [0.1, 0.15) is 22.5 Å². The van der Waals surface area contributed by atoms with Gasteiger partial charge in [0.25, 0.3) is 0 Å². The van der Waals surface area contributed by atoms with E-state index in [2.05, 4.69) is 20.3 Å². The Kier molecular flexibility index (Phi) is 6.57. The van der Waals surface area contributed by atoms with Crippen LogP contribution in [0, 0.1) is 0 Å². The summed E-state index contributed by atoms with van der Waals surface area (Å²) in [5, 5.41) is 26.7. The van der Waals surface area contributed by atoms with Crippen LogP contribution in [0.4, 0.5) is 0 Å². The maximum Gasteiger partial charge on any atom is 0.115 e. The quantitative estimate of drug-likeness (QED) is 0.349. The monoisotopic (exact) mass is 414 g/mol. The molecule has 0 saturated heterocycles. The van der Waals surface area contributed by atoms with E-state index in [0.29, 0.717) is 45.7 Å². The lowest BCUT2D eigenvalue weighted by atomic mass is 10.0. The molecule has 0 radical (unpaired) electrons. The zero-order valence-corrected chi connectivity index (χ0v) is 16.1. The molecule has 0 aliphatic carbocycles. The summed E-state index contributed by atoms with van der Waals surface area (Å²) in [6.45, 7) is 0. The third-order valence-corrected chi connectivity index (χ3v) is 4.58. The minimum atomic E-state index is 0.306.